The number of carbonyl (C=O) groups is 1. The van der Waals surface area contributed by atoms with E-state index in [1.807, 2.05) is 40.7 Å². The Hall–Kier alpha value is -3.12. The van der Waals surface area contributed by atoms with Crippen LogP contribution in [-0.4, -0.2) is 63.8 Å². The lowest BCUT2D eigenvalue weighted by molar-refractivity contribution is -0.132. The zero-order valence-electron chi connectivity index (χ0n) is 19.1. The lowest BCUT2D eigenvalue weighted by Gasteiger charge is -2.33. The quantitative estimate of drug-likeness (QED) is 0.514. The van der Waals surface area contributed by atoms with E-state index in [1.54, 1.807) is 0 Å². The third-order valence-corrected chi connectivity index (χ3v) is 6.74. The number of carbonyl (C=O) groups excluding carboxylic acids is 1. The van der Waals surface area contributed by atoms with Crippen molar-refractivity contribution in [3.8, 4) is 11.3 Å². The number of likely N-dealkylation sites (N-methyl/N-ethyl adjacent to an activating group) is 1. The van der Waals surface area contributed by atoms with E-state index in [2.05, 4.69) is 53.4 Å². The molecule has 3 aromatic heterocycles. The predicted molar refractivity (Wildman–Crippen MR) is 129 cm³/mol. The molecule has 1 amide bonds. The maximum atomic E-state index is 12.4. The number of aromatic nitrogens is 3. The fraction of sp³-hybridized carbons (Fsp3) is 0.385. The molecule has 1 fully saturated rings. The Morgan fingerprint density at radius 3 is 2.72 bits per heavy atom. The van der Waals surface area contributed by atoms with Crippen molar-refractivity contribution < 1.29 is 4.79 Å². The second-order valence-electron chi connectivity index (χ2n) is 9.14. The van der Waals surface area contributed by atoms with Crippen LogP contribution in [0.5, 0.6) is 0 Å². The monoisotopic (exact) mass is 429 g/mol. The highest BCUT2D eigenvalue weighted by atomic mass is 16.2. The Kier molecular flexibility index (Phi) is 5.47. The summed E-state index contributed by atoms with van der Waals surface area (Å²) in [4.78, 5) is 24.5. The van der Waals surface area contributed by atoms with Crippen LogP contribution in [-0.2, 0) is 11.2 Å². The Morgan fingerprint density at radius 2 is 1.97 bits per heavy atom. The van der Waals surface area contributed by atoms with Gasteiger partial charge in [-0.15, -0.1) is 0 Å². The molecule has 4 heterocycles. The molecule has 6 heteroatoms. The molecule has 0 saturated carbocycles. The number of likely N-dealkylation sites (tertiary alicyclic amines) is 1. The molecule has 0 spiro atoms. The van der Waals surface area contributed by atoms with Gasteiger partial charge in [0.1, 0.15) is 5.65 Å². The summed E-state index contributed by atoms with van der Waals surface area (Å²) >= 11 is 0. The molecular weight excluding hydrogens is 398 g/mol. The van der Waals surface area contributed by atoms with Crippen LogP contribution >= 0.6 is 0 Å². The van der Waals surface area contributed by atoms with Crippen LogP contribution in [0.4, 0.5) is 0 Å². The van der Waals surface area contributed by atoms with Crippen LogP contribution in [0.1, 0.15) is 36.8 Å². The molecule has 5 rings (SSSR count). The Balaban J connectivity index is 1.41. The molecule has 0 radical (unpaired) electrons. The fourth-order valence-electron chi connectivity index (χ4n) is 5.03. The van der Waals surface area contributed by atoms with Gasteiger partial charge in [-0.05, 0) is 74.7 Å². The number of hydrogen-bond donors (Lipinski definition) is 1. The first-order valence-electron chi connectivity index (χ1n) is 11.5. The standard InChI is InChI=1S/C26H31N5O/c1-4-21-22-15-19(18-7-12-31(13-8-18)25(32)17-29(2)3)5-6-23(22)28-26(21)20-9-11-30-14-10-27-24(30)16-20/h5-6,9-11,14-16,18,28H,4,7-8,12-13,17H2,1-3H3. The largest absolute Gasteiger partial charge is 0.354 e. The highest BCUT2D eigenvalue weighted by Crippen LogP contribution is 2.35. The van der Waals surface area contributed by atoms with Gasteiger partial charge in [0.15, 0.2) is 0 Å². The molecule has 1 N–H and O–H groups in total. The number of rotatable bonds is 5. The van der Waals surface area contributed by atoms with E-state index in [-0.39, 0.29) is 5.91 Å². The highest BCUT2D eigenvalue weighted by molar-refractivity contribution is 5.91. The van der Waals surface area contributed by atoms with Crippen molar-refractivity contribution in [3.63, 3.8) is 0 Å². The average molecular weight is 430 g/mol. The average Bonchev–Trinajstić information content (AvgIpc) is 3.41. The zero-order chi connectivity index (χ0) is 22.2. The van der Waals surface area contributed by atoms with Crippen molar-refractivity contribution in [1.82, 2.24) is 24.2 Å². The molecule has 1 saturated heterocycles. The Morgan fingerprint density at radius 1 is 1.16 bits per heavy atom. The minimum absolute atomic E-state index is 0.238. The summed E-state index contributed by atoms with van der Waals surface area (Å²) < 4.78 is 2.03. The maximum Gasteiger partial charge on any atom is 0.236 e. The lowest BCUT2D eigenvalue weighted by atomic mass is 9.88. The van der Waals surface area contributed by atoms with Gasteiger partial charge in [0.2, 0.25) is 5.91 Å². The lowest BCUT2D eigenvalue weighted by Crippen LogP contribution is -2.42. The van der Waals surface area contributed by atoms with E-state index in [9.17, 15) is 4.79 Å². The van der Waals surface area contributed by atoms with Crippen LogP contribution in [0, 0.1) is 0 Å². The molecule has 0 unspecified atom stereocenters. The van der Waals surface area contributed by atoms with Crippen LogP contribution in [0.2, 0.25) is 0 Å². The smallest absolute Gasteiger partial charge is 0.236 e. The van der Waals surface area contributed by atoms with Gasteiger partial charge in [-0.25, -0.2) is 4.98 Å². The number of nitrogens with zero attached hydrogens (tertiary/aromatic N) is 4. The number of benzene rings is 1. The molecule has 1 aliphatic rings. The molecular formula is C26H31N5O. The first kappa shape index (κ1) is 20.8. The van der Waals surface area contributed by atoms with Crippen LogP contribution < -0.4 is 0 Å². The van der Waals surface area contributed by atoms with E-state index in [4.69, 9.17) is 0 Å². The molecule has 0 aliphatic carbocycles. The Bertz CT molecular complexity index is 1260. The molecule has 0 atom stereocenters. The summed E-state index contributed by atoms with van der Waals surface area (Å²) in [5, 5.41) is 1.31. The molecule has 166 valence electrons. The number of piperidine rings is 1. The van der Waals surface area contributed by atoms with Gasteiger partial charge in [-0.3, -0.25) is 4.79 Å². The number of aromatic amines is 1. The van der Waals surface area contributed by atoms with E-state index in [1.165, 1.54) is 33.3 Å². The third kappa shape index (κ3) is 3.79. The number of fused-ring (bicyclic) bond motifs is 2. The van der Waals surface area contributed by atoms with E-state index in [0.29, 0.717) is 12.5 Å². The van der Waals surface area contributed by atoms with E-state index < -0.39 is 0 Å². The third-order valence-electron chi connectivity index (χ3n) is 6.74. The van der Waals surface area contributed by atoms with Gasteiger partial charge < -0.3 is 19.2 Å². The summed E-state index contributed by atoms with van der Waals surface area (Å²) in [6.07, 6.45) is 8.89. The summed E-state index contributed by atoms with van der Waals surface area (Å²) in [5.41, 5.74) is 7.25. The molecule has 32 heavy (non-hydrogen) atoms. The van der Waals surface area contributed by atoms with Crippen molar-refractivity contribution in [3.05, 3.63) is 60.0 Å². The number of H-pyrrole nitrogens is 1. The zero-order valence-corrected chi connectivity index (χ0v) is 19.1. The van der Waals surface area contributed by atoms with Crippen LogP contribution in [0.25, 0.3) is 27.8 Å². The maximum absolute atomic E-state index is 12.4. The summed E-state index contributed by atoms with van der Waals surface area (Å²) in [6, 6.07) is 11.2. The normalized spacial score (nSPS) is 15.3. The summed E-state index contributed by atoms with van der Waals surface area (Å²) in [6.45, 7) is 4.41. The molecule has 1 aliphatic heterocycles. The van der Waals surface area contributed by atoms with Gasteiger partial charge in [0.05, 0.1) is 6.54 Å². The Labute approximate surface area is 188 Å². The topological polar surface area (TPSA) is 56.6 Å². The van der Waals surface area contributed by atoms with Crippen molar-refractivity contribution in [2.75, 3.05) is 33.7 Å². The predicted octanol–water partition coefficient (Wildman–Crippen LogP) is 4.31. The van der Waals surface area contributed by atoms with E-state index in [0.717, 1.165) is 38.0 Å². The number of amides is 1. The molecule has 0 bridgehead atoms. The van der Waals surface area contributed by atoms with Crippen LogP contribution in [0.3, 0.4) is 0 Å². The van der Waals surface area contributed by atoms with Crippen molar-refractivity contribution in [2.45, 2.75) is 32.1 Å². The minimum atomic E-state index is 0.238. The molecule has 1 aromatic carbocycles. The molecule has 6 nitrogen and oxygen atoms in total. The summed E-state index contributed by atoms with van der Waals surface area (Å²) in [7, 11) is 3.90. The second kappa shape index (κ2) is 8.43. The molecule has 4 aromatic rings. The number of hydrogen-bond acceptors (Lipinski definition) is 3. The SMILES string of the molecule is CCc1c(-c2ccn3ccnc3c2)[nH]c2ccc(C3CCN(C(=O)CN(C)C)CC3)cc12. The summed E-state index contributed by atoms with van der Waals surface area (Å²) in [5.74, 6) is 0.744. The van der Waals surface area contributed by atoms with Crippen molar-refractivity contribution >= 4 is 22.5 Å². The number of pyridine rings is 1. The second-order valence-corrected chi connectivity index (χ2v) is 9.14. The highest BCUT2D eigenvalue weighted by Gasteiger charge is 2.24. The van der Waals surface area contributed by atoms with Gasteiger partial charge in [0, 0.05) is 53.8 Å². The first-order valence-corrected chi connectivity index (χ1v) is 11.5. The number of nitrogens with one attached hydrogen (secondary N) is 1. The number of aryl methyl sites for hydroxylation is 1. The van der Waals surface area contributed by atoms with Gasteiger partial charge in [0.25, 0.3) is 0 Å². The first-order chi connectivity index (χ1) is 15.5. The number of imidazole rings is 1. The van der Waals surface area contributed by atoms with Gasteiger partial charge >= 0.3 is 0 Å². The van der Waals surface area contributed by atoms with Crippen molar-refractivity contribution in [2.24, 2.45) is 0 Å². The van der Waals surface area contributed by atoms with E-state index >= 15 is 0 Å². The van der Waals surface area contributed by atoms with Crippen LogP contribution in [0.15, 0.2) is 48.9 Å². The van der Waals surface area contributed by atoms with Crippen molar-refractivity contribution in [1.29, 1.82) is 0 Å². The minimum Gasteiger partial charge on any atom is -0.354 e. The van der Waals surface area contributed by atoms with Gasteiger partial charge in [-0.1, -0.05) is 13.0 Å². The fourth-order valence-corrected chi connectivity index (χ4v) is 5.03. The van der Waals surface area contributed by atoms with Gasteiger partial charge in [-0.2, -0.15) is 0 Å².